The van der Waals surface area contributed by atoms with Crippen molar-refractivity contribution in [3.63, 3.8) is 0 Å². The minimum atomic E-state index is -3.21. The van der Waals surface area contributed by atoms with Gasteiger partial charge in [-0.1, -0.05) is 0 Å². The number of rotatable bonds is 9. The lowest BCUT2D eigenvalue weighted by Crippen LogP contribution is -2.36. The normalized spacial score (nSPS) is 23.0. The van der Waals surface area contributed by atoms with Crippen LogP contribution in [0.1, 0.15) is 56.9 Å². The van der Waals surface area contributed by atoms with E-state index in [2.05, 4.69) is 20.0 Å². The summed E-state index contributed by atoms with van der Waals surface area (Å²) in [5.41, 5.74) is 1.88. The maximum Gasteiger partial charge on any atom is 0.224 e. The molecule has 2 aromatic heterocycles. The summed E-state index contributed by atoms with van der Waals surface area (Å²) in [6.45, 7) is 3.93. The first-order valence-corrected chi connectivity index (χ1v) is 13.8. The largest absolute Gasteiger partial charge is 0.474 e. The Labute approximate surface area is 201 Å². The molecule has 0 amide bonds. The van der Waals surface area contributed by atoms with Crippen LogP contribution in [0.3, 0.4) is 0 Å². The number of nitrogens with zero attached hydrogens (tertiary/aromatic N) is 3. The molecule has 1 aliphatic carbocycles. The number of hydrogen-bond donors (Lipinski definition) is 2. The van der Waals surface area contributed by atoms with E-state index in [9.17, 15) is 8.42 Å². The van der Waals surface area contributed by atoms with Gasteiger partial charge in [0.25, 0.3) is 0 Å². The quantitative estimate of drug-likeness (QED) is 0.542. The Bertz CT molecular complexity index is 1070. The van der Waals surface area contributed by atoms with Crippen molar-refractivity contribution in [3.05, 3.63) is 18.0 Å². The number of methoxy groups -OCH3 is 1. The van der Waals surface area contributed by atoms with Crippen LogP contribution < -0.4 is 14.8 Å². The molecule has 1 saturated carbocycles. The Morgan fingerprint density at radius 2 is 1.85 bits per heavy atom. The zero-order chi connectivity index (χ0) is 24.1. The molecule has 0 radical (unpaired) electrons. The third-order valence-electron chi connectivity index (χ3n) is 6.40. The molecule has 0 bridgehead atoms. The minimum Gasteiger partial charge on any atom is -0.474 e. The minimum absolute atomic E-state index is 0.0247. The van der Waals surface area contributed by atoms with Crippen molar-refractivity contribution in [1.82, 2.24) is 19.7 Å². The van der Waals surface area contributed by atoms with Crippen LogP contribution in [0.15, 0.2) is 12.4 Å². The number of aromatic nitrogens is 3. The average Bonchev–Trinajstić information content (AvgIpc) is 2.80. The molecule has 2 aliphatic rings. The van der Waals surface area contributed by atoms with E-state index >= 15 is 0 Å². The van der Waals surface area contributed by atoms with E-state index in [4.69, 9.17) is 19.2 Å². The average molecular weight is 494 g/mol. The van der Waals surface area contributed by atoms with Crippen LogP contribution >= 0.6 is 0 Å². The van der Waals surface area contributed by atoms with E-state index in [1.165, 1.54) is 6.26 Å². The van der Waals surface area contributed by atoms with Gasteiger partial charge in [0.05, 0.1) is 37.0 Å². The summed E-state index contributed by atoms with van der Waals surface area (Å²) in [6, 6.07) is 0.0338. The third kappa shape index (κ3) is 6.53. The maximum absolute atomic E-state index is 11.6. The van der Waals surface area contributed by atoms with Gasteiger partial charge in [-0.2, -0.15) is 0 Å². The Kier molecular flexibility index (Phi) is 8.18. The first kappa shape index (κ1) is 25.0. The molecule has 1 atom stereocenters. The highest BCUT2D eigenvalue weighted by Gasteiger charge is 2.27. The number of nitrogens with one attached hydrogen (secondary N) is 2. The summed E-state index contributed by atoms with van der Waals surface area (Å²) >= 11 is 0. The first-order valence-electron chi connectivity index (χ1n) is 11.9. The fourth-order valence-corrected chi connectivity index (χ4v) is 5.61. The van der Waals surface area contributed by atoms with Gasteiger partial charge in [-0.05, 0) is 38.5 Å². The van der Waals surface area contributed by atoms with Gasteiger partial charge in [-0.25, -0.2) is 28.1 Å². The fourth-order valence-electron chi connectivity index (χ4n) is 4.77. The van der Waals surface area contributed by atoms with Crippen molar-refractivity contribution < 1.29 is 22.6 Å². The first-order chi connectivity index (χ1) is 16.3. The second kappa shape index (κ2) is 11.1. The topological polar surface area (TPSA) is 125 Å². The Hall–Kier alpha value is -2.08. The number of ether oxygens (including phenoxy) is 3. The van der Waals surface area contributed by atoms with Gasteiger partial charge in [-0.15, -0.1) is 0 Å². The molecule has 4 rings (SSSR count). The van der Waals surface area contributed by atoms with E-state index in [-0.39, 0.29) is 24.1 Å². The molecular weight excluding hydrogens is 458 g/mol. The number of pyridine rings is 1. The van der Waals surface area contributed by atoms with E-state index in [0.29, 0.717) is 31.6 Å². The van der Waals surface area contributed by atoms with Gasteiger partial charge < -0.3 is 19.5 Å². The monoisotopic (exact) mass is 493 g/mol. The molecule has 0 spiro atoms. The number of anilines is 1. The second-order valence-corrected chi connectivity index (χ2v) is 11.1. The molecule has 1 aliphatic heterocycles. The molecule has 11 heteroatoms. The molecule has 34 heavy (non-hydrogen) atoms. The molecule has 2 aromatic rings. The molecule has 0 aromatic carbocycles. The van der Waals surface area contributed by atoms with Crippen molar-refractivity contribution in [2.24, 2.45) is 0 Å². The number of fused-ring (bicyclic) bond motifs is 1. The van der Waals surface area contributed by atoms with Gasteiger partial charge in [-0.3, -0.25) is 0 Å². The number of sulfonamides is 1. The molecule has 2 N–H and O–H groups in total. The van der Waals surface area contributed by atoms with Gasteiger partial charge >= 0.3 is 0 Å². The highest BCUT2D eigenvalue weighted by Crippen LogP contribution is 2.38. The summed E-state index contributed by atoms with van der Waals surface area (Å²) in [4.78, 5) is 14.1. The Balaban J connectivity index is 1.61. The van der Waals surface area contributed by atoms with Crippen LogP contribution in [0, 0.1) is 0 Å². The van der Waals surface area contributed by atoms with Crippen LogP contribution in [0.5, 0.6) is 5.88 Å². The highest BCUT2D eigenvalue weighted by atomic mass is 32.2. The van der Waals surface area contributed by atoms with Crippen molar-refractivity contribution in [3.8, 4) is 5.88 Å². The lowest BCUT2D eigenvalue weighted by atomic mass is 9.82. The third-order valence-corrected chi connectivity index (χ3v) is 7.16. The maximum atomic E-state index is 11.6. The Morgan fingerprint density at radius 3 is 2.53 bits per heavy atom. The summed E-state index contributed by atoms with van der Waals surface area (Å²) < 4.78 is 42.9. The predicted octanol–water partition coefficient (Wildman–Crippen LogP) is 2.60. The van der Waals surface area contributed by atoms with E-state index in [1.807, 2.05) is 13.1 Å². The summed E-state index contributed by atoms with van der Waals surface area (Å²) in [5.74, 6) is 1.33. The SMILES string of the molecule is COC[C@H](C)Nc1ncc2c(OC3CCOCC3)ncc([C@H]3CC[C@H](NS(C)(=O)=O)CC3)c2n1. The molecule has 3 heterocycles. The molecule has 0 unspecified atom stereocenters. The molecule has 10 nitrogen and oxygen atoms in total. The number of hydrogen-bond acceptors (Lipinski definition) is 9. The van der Waals surface area contributed by atoms with Crippen LogP contribution in [0.4, 0.5) is 5.95 Å². The summed E-state index contributed by atoms with van der Waals surface area (Å²) in [7, 11) is -1.54. The van der Waals surface area contributed by atoms with Crippen LogP contribution in [0.25, 0.3) is 10.9 Å². The molecule has 2 fully saturated rings. The molecule has 1 saturated heterocycles. The standard InChI is InChI=1S/C23H35N5O5S/c1-15(14-31-2)26-23-25-13-20-21(27-23)19(12-24-22(20)33-18-8-10-32-11-9-18)16-4-6-17(7-5-16)28-34(3,29)30/h12-13,15-18,28H,4-11,14H2,1-3H3,(H,25,26,27)/t15-,16-,17-/m0/s1. The fraction of sp³-hybridized carbons (Fsp3) is 0.696. The lowest BCUT2D eigenvalue weighted by Gasteiger charge is -2.29. The van der Waals surface area contributed by atoms with Gasteiger partial charge in [0.2, 0.25) is 21.9 Å². The van der Waals surface area contributed by atoms with E-state index < -0.39 is 10.0 Å². The zero-order valence-corrected chi connectivity index (χ0v) is 20.9. The van der Waals surface area contributed by atoms with Crippen LogP contribution in [-0.4, -0.2) is 74.7 Å². The lowest BCUT2D eigenvalue weighted by molar-refractivity contribution is 0.0244. The van der Waals surface area contributed by atoms with Crippen molar-refractivity contribution in [2.75, 3.05) is 38.5 Å². The van der Waals surface area contributed by atoms with Crippen LogP contribution in [-0.2, 0) is 19.5 Å². The van der Waals surface area contributed by atoms with Gasteiger partial charge in [0, 0.05) is 50.0 Å². The summed E-state index contributed by atoms with van der Waals surface area (Å²) in [6.07, 6.45) is 9.87. The molecule has 188 valence electrons. The zero-order valence-electron chi connectivity index (χ0n) is 20.1. The smallest absolute Gasteiger partial charge is 0.224 e. The summed E-state index contributed by atoms with van der Waals surface area (Å²) in [5, 5.41) is 4.09. The predicted molar refractivity (Wildman–Crippen MR) is 130 cm³/mol. The van der Waals surface area contributed by atoms with Crippen molar-refractivity contribution >= 4 is 26.9 Å². The second-order valence-electron chi connectivity index (χ2n) is 9.34. The van der Waals surface area contributed by atoms with E-state index in [0.717, 1.165) is 55.0 Å². The van der Waals surface area contributed by atoms with Crippen LogP contribution in [0.2, 0.25) is 0 Å². The highest BCUT2D eigenvalue weighted by molar-refractivity contribution is 7.88. The Morgan fingerprint density at radius 1 is 1.12 bits per heavy atom. The van der Waals surface area contributed by atoms with Gasteiger partial charge in [0.1, 0.15) is 6.10 Å². The van der Waals surface area contributed by atoms with Gasteiger partial charge in [0.15, 0.2) is 0 Å². The van der Waals surface area contributed by atoms with Crippen molar-refractivity contribution in [1.29, 1.82) is 0 Å². The van der Waals surface area contributed by atoms with Crippen molar-refractivity contribution in [2.45, 2.75) is 69.6 Å². The molecular formula is C23H35N5O5S. The van der Waals surface area contributed by atoms with E-state index in [1.54, 1.807) is 13.3 Å².